The van der Waals surface area contributed by atoms with Crippen LogP contribution < -0.4 is 5.73 Å². The lowest BCUT2D eigenvalue weighted by molar-refractivity contribution is 0.322. The normalized spacial score (nSPS) is 18.5. The Hall–Kier alpha value is -0.960. The predicted molar refractivity (Wildman–Crippen MR) is 73.8 cm³/mol. The van der Waals surface area contributed by atoms with Gasteiger partial charge in [0, 0.05) is 11.6 Å². The van der Waals surface area contributed by atoms with E-state index < -0.39 is 11.6 Å². The molecule has 0 aliphatic heterocycles. The first kappa shape index (κ1) is 14.4. The fraction of sp³-hybridized carbons (Fsp3) is 0.625. The molecule has 3 heteroatoms. The Bertz CT molecular complexity index is 379. The smallest absolute Gasteiger partial charge is 0.129 e. The van der Waals surface area contributed by atoms with Crippen molar-refractivity contribution in [1.82, 2.24) is 0 Å². The number of nitrogens with two attached hydrogens (primary N) is 1. The van der Waals surface area contributed by atoms with E-state index in [0.29, 0.717) is 6.42 Å². The summed E-state index contributed by atoms with van der Waals surface area (Å²) in [5.41, 5.74) is 6.16. The van der Waals surface area contributed by atoms with Crippen molar-refractivity contribution in [3.8, 4) is 0 Å². The molecule has 0 aromatic heterocycles. The quantitative estimate of drug-likeness (QED) is 0.850. The minimum atomic E-state index is -0.479. The van der Waals surface area contributed by atoms with Gasteiger partial charge in [0.15, 0.2) is 0 Å². The average molecular weight is 267 g/mol. The Labute approximate surface area is 114 Å². The molecule has 0 amide bonds. The van der Waals surface area contributed by atoms with Crippen LogP contribution in [-0.2, 0) is 6.42 Å². The van der Waals surface area contributed by atoms with E-state index in [0.717, 1.165) is 18.8 Å². The molecular weight excluding hydrogens is 244 g/mol. The zero-order valence-electron chi connectivity index (χ0n) is 11.4. The Morgan fingerprint density at radius 2 is 1.74 bits per heavy atom. The molecule has 1 aliphatic carbocycles. The van der Waals surface area contributed by atoms with Crippen LogP contribution >= 0.6 is 0 Å². The maximum absolute atomic E-state index is 13.5. The van der Waals surface area contributed by atoms with Gasteiger partial charge in [-0.3, -0.25) is 0 Å². The zero-order chi connectivity index (χ0) is 13.7. The summed E-state index contributed by atoms with van der Waals surface area (Å²) in [7, 11) is 0. The molecule has 0 bridgehead atoms. The summed E-state index contributed by atoms with van der Waals surface area (Å²) in [5.74, 6) is -0.188. The van der Waals surface area contributed by atoms with Gasteiger partial charge in [0.25, 0.3) is 0 Å². The number of hydrogen-bond acceptors (Lipinski definition) is 1. The molecule has 2 rings (SSSR count). The van der Waals surface area contributed by atoms with Crippen molar-refractivity contribution in [3.05, 3.63) is 35.4 Å². The van der Waals surface area contributed by atoms with Gasteiger partial charge in [0.05, 0.1) is 0 Å². The highest BCUT2D eigenvalue weighted by Crippen LogP contribution is 2.28. The molecule has 0 spiro atoms. The number of benzene rings is 1. The van der Waals surface area contributed by atoms with E-state index in [2.05, 4.69) is 0 Å². The molecule has 1 atom stereocenters. The Kier molecular flexibility index (Phi) is 5.32. The topological polar surface area (TPSA) is 26.0 Å². The molecular formula is C16H23F2N. The van der Waals surface area contributed by atoms with Crippen LogP contribution in [0.2, 0.25) is 0 Å². The van der Waals surface area contributed by atoms with Crippen molar-refractivity contribution in [1.29, 1.82) is 0 Å². The molecule has 1 nitrogen and oxygen atoms in total. The highest BCUT2D eigenvalue weighted by molar-refractivity contribution is 5.20. The van der Waals surface area contributed by atoms with Crippen LogP contribution in [-0.4, -0.2) is 6.04 Å². The summed E-state index contributed by atoms with van der Waals surface area (Å²) < 4.78 is 27.0. The van der Waals surface area contributed by atoms with Crippen molar-refractivity contribution in [2.75, 3.05) is 0 Å². The Morgan fingerprint density at radius 3 is 2.37 bits per heavy atom. The second-order valence-corrected chi connectivity index (χ2v) is 5.75. The van der Waals surface area contributed by atoms with Gasteiger partial charge in [-0.05, 0) is 37.3 Å². The third-order valence-electron chi connectivity index (χ3n) is 4.20. The van der Waals surface area contributed by atoms with E-state index in [1.165, 1.54) is 50.3 Å². The van der Waals surface area contributed by atoms with Gasteiger partial charge in [0.1, 0.15) is 11.6 Å². The molecule has 1 aromatic rings. The maximum Gasteiger partial charge on any atom is 0.129 e. The second kappa shape index (κ2) is 6.99. The zero-order valence-corrected chi connectivity index (χ0v) is 11.4. The highest BCUT2D eigenvalue weighted by Gasteiger charge is 2.17. The summed E-state index contributed by atoms with van der Waals surface area (Å²) in [6.45, 7) is 0. The minimum absolute atomic E-state index is 0.138. The van der Waals surface area contributed by atoms with Crippen LogP contribution in [0.3, 0.4) is 0 Å². The van der Waals surface area contributed by atoms with Crippen molar-refractivity contribution in [3.63, 3.8) is 0 Å². The monoisotopic (exact) mass is 267 g/mol. The van der Waals surface area contributed by atoms with E-state index in [1.54, 1.807) is 0 Å². The van der Waals surface area contributed by atoms with E-state index in [-0.39, 0.29) is 11.6 Å². The van der Waals surface area contributed by atoms with Crippen LogP contribution in [0.15, 0.2) is 18.2 Å². The van der Waals surface area contributed by atoms with Crippen LogP contribution in [0.5, 0.6) is 0 Å². The summed E-state index contributed by atoms with van der Waals surface area (Å²) in [6.07, 6.45) is 8.83. The lowest BCUT2D eigenvalue weighted by atomic mass is 9.84. The first-order valence-corrected chi connectivity index (χ1v) is 7.35. The molecule has 1 aliphatic rings. The summed E-state index contributed by atoms with van der Waals surface area (Å²) in [6, 6.07) is 3.84. The molecule has 1 unspecified atom stereocenters. The van der Waals surface area contributed by atoms with Gasteiger partial charge in [-0.2, -0.15) is 0 Å². The first-order chi connectivity index (χ1) is 9.16. The van der Waals surface area contributed by atoms with Crippen LogP contribution in [0.1, 0.15) is 50.5 Å². The summed E-state index contributed by atoms with van der Waals surface area (Å²) in [5, 5.41) is 0. The molecule has 1 aromatic carbocycles. The van der Waals surface area contributed by atoms with Gasteiger partial charge in [-0.25, -0.2) is 8.78 Å². The molecule has 2 N–H and O–H groups in total. The lowest BCUT2D eigenvalue weighted by Crippen LogP contribution is -2.25. The van der Waals surface area contributed by atoms with Gasteiger partial charge in [-0.15, -0.1) is 0 Å². The molecule has 1 fully saturated rings. The van der Waals surface area contributed by atoms with Crippen molar-refractivity contribution >= 4 is 0 Å². The van der Waals surface area contributed by atoms with E-state index in [4.69, 9.17) is 5.73 Å². The molecule has 1 saturated carbocycles. The van der Waals surface area contributed by atoms with E-state index in [9.17, 15) is 8.78 Å². The van der Waals surface area contributed by atoms with E-state index >= 15 is 0 Å². The fourth-order valence-electron chi connectivity index (χ4n) is 3.02. The van der Waals surface area contributed by atoms with Gasteiger partial charge < -0.3 is 5.73 Å². The fourth-order valence-corrected chi connectivity index (χ4v) is 3.02. The molecule has 0 radical (unpaired) electrons. The number of hydrogen-bond donors (Lipinski definition) is 1. The predicted octanol–water partition coefficient (Wildman–Crippen LogP) is 4.20. The van der Waals surface area contributed by atoms with Crippen LogP contribution in [0.25, 0.3) is 0 Å². The Morgan fingerprint density at radius 1 is 1.11 bits per heavy atom. The van der Waals surface area contributed by atoms with Crippen molar-refractivity contribution < 1.29 is 8.78 Å². The van der Waals surface area contributed by atoms with Crippen molar-refractivity contribution in [2.45, 2.75) is 57.4 Å². The van der Waals surface area contributed by atoms with E-state index in [1.807, 2.05) is 0 Å². The van der Waals surface area contributed by atoms with Gasteiger partial charge in [0.2, 0.25) is 0 Å². The van der Waals surface area contributed by atoms with Gasteiger partial charge in [-0.1, -0.05) is 38.2 Å². The maximum atomic E-state index is 13.5. The average Bonchev–Trinajstić information content (AvgIpc) is 2.42. The van der Waals surface area contributed by atoms with Crippen molar-refractivity contribution in [2.24, 2.45) is 11.7 Å². The standard InChI is InChI=1S/C16H23F2N/c17-15-7-4-8-16(18)14(15)11-13(19)10-9-12-5-2-1-3-6-12/h4,7-8,12-13H,1-3,5-6,9-11,19H2. The van der Waals surface area contributed by atoms with Crippen LogP contribution in [0.4, 0.5) is 8.78 Å². The lowest BCUT2D eigenvalue weighted by Gasteiger charge is -2.23. The summed E-state index contributed by atoms with van der Waals surface area (Å²) in [4.78, 5) is 0. The number of rotatable bonds is 5. The molecule has 0 saturated heterocycles. The second-order valence-electron chi connectivity index (χ2n) is 5.75. The number of halogens is 2. The first-order valence-electron chi connectivity index (χ1n) is 7.35. The van der Waals surface area contributed by atoms with Crippen LogP contribution in [0, 0.1) is 17.6 Å². The SMILES string of the molecule is NC(CCC1CCCCC1)Cc1c(F)cccc1F. The Balaban J connectivity index is 1.82. The largest absolute Gasteiger partial charge is 0.327 e. The third kappa shape index (κ3) is 4.27. The highest BCUT2D eigenvalue weighted by atomic mass is 19.1. The van der Waals surface area contributed by atoms with Gasteiger partial charge >= 0.3 is 0 Å². The molecule has 19 heavy (non-hydrogen) atoms. The third-order valence-corrected chi connectivity index (χ3v) is 4.20. The molecule has 106 valence electrons. The minimum Gasteiger partial charge on any atom is -0.327 e. The molecule has 0 heterocycles. The summed E-state index contributed by atoms with van der Waals surface area (Å²) >= 11 is 0.